The fourth-order valence-electron chi connectivity index (χ4n) is 2.14. The molecule has 0 spiro atoms. The number of ether oxygens (including phenoxy) is 2. The van der Waals surface area contributed by atoms with Crippen LogP contribution in [0.4, 0.5) is 0 Å². The molecule has 0 saturated carbocycles. The smallest absolute Gasteiger partial charge is 0.197 e. The Bertz CT molecular complexity index is 824. The molecule has 0 saturated heterocycles. The van der Waals surface area contributed by atoms with Gasteiger partial charge in [-0.1, -0.05) is 0 Å². The molecule has 2 heterocycles. The molecule has 24 heavy (non-hydrogen) atoms. The molecule has 0 atom stereocenters. The number of rotatable bonds is 2. The summed E-state index contributed by atoms with van der Waals surface area (Å²) in [5.74, 6) is 1.85. The van der Waals surface area contributed by atoms with Crippen molar-refractivity contribution in [1.82, 2.24) is 0 Å². The van der Waals surface area contributed by atoms with Crippen LogP contribution in [0.5, 0.6) is 11.5 Å². The molecule has 3 nitrogen and oxygen atoms in total. The van der Waals surface area contributed by atoms with E-state index in [1.54, 1.807) is 36.9 Å². The van der Waals surface area contributed by atoms with Crippen LogP contribution in [0.25, 0.3) is 20.2 Å². The highest BCUT2D eigenvalue weighted by Gasteiger charge is 1.96. The first-order valence-corrected chi connectivity index (χ1v) is 9.08. The van der Waals surface area contributed by atoms with Crippen LogP contribution in [0.2, 0.25) is 0 Å². The van der Waals surface area contributed by atoms with Gasteiger partial charge in [0.25, 0.3) is 0 Å². The highest BCUT2D eigenvalue weighted by molar-refractivity contribution is 7.44. The van der Waals surface area contributed by atoms with Gasteiger partial charge in [0.2, 0.25) is 0 Å². The molecule has 2 aromatic carbocycles. The van der Waals surface area contributed by atoms with Gasteiger partial charge in [0.1, 0.15) is 11.5 Å². The molecule has 4 rings (SSSR count). The second kappa shape index (κ2) is 9.32. The quantitative estimate of drug-likeness (QED) is 0.464. The summed E-state index contributed by atoms with van der Waals surface area (Å²) < 4.78 is 20.6. The van der Waals surface area contributed by atoms with Crippen LogP contribution in [-0.2, 0) is 12.5 Å². The van der Waals surface area contributed by atoms with Crippen LogP contribution in [0.1, 0.15) is 0 Å². The van der Waals surface area contributed by atoms with E-state index in [1.165, 1.54) is 20.2 Å². The molecule has 0 aliphatic heterocycles. The Balaban J connectivity index is 0.000000158. The lowest BCUT2D eigenvalue weighted by atomic mass is 10.2. The summed E-state index contributed by atoms with van der Waals surface area (Å²) in [6, 6.07) is 16.4. The summed E-state index contributed by atoms with van der Waals surface area (Å²) in [5.41, 5.74) is 0. The highest BCUT2D eigenvalue weighted by atomic mass is 32.1. The molecule has 6 heteroatoms. The first kappa shape index (κ1) is 18.3. The largest absolute Gasteiger partial charge is 0.497 e. The molecular weight excluding hydrogens is 360 g/mol. The van der Waals surface area contributed by atoms with Gasteiger partial charge in [-0.25, -0.2) is 0 Å². The van der Waals surface area contributed by atoms with Crippen LogP contribution in [0.3, 0.4) is 0 Å². The second-order valence-corrected chi connectivity index (χ2v) is 6.54. The summed E-state index contributed by atoms with van der Waals surface area (Å²) in [6.07, 6.45) is 0. The molecule has 2 aromatic heterocycles. The van der Waals surface area contributed by atoms with Gasteiger partial charge >= 0.3 is 0 Å². The summed E-state index contributed by atoms with van der Waals surface area (Å²) in [7, 11) is 3.38. The number of hydrogen-bond donors (Lipinski definition) is 0. The zero-order chi connectivity index (χ0) is 17.4. The van der Waals surface area contributed by atoms with E-state index in [4.69, 9.17) is 13.7 Å². The summed E-state index contributed by atoms with van der Waals surface area (Å²) in [6.45, 7) is 0. The van der Waals surface area contributed by atoms with E-state index >= 15 is 0 Å². The topological polar surface area (TPSA) is 35.5 Å². The third-order valence-corrected chi connectivity index (χ3v) is 5.11. The zero-order valence-corrected chi connectivity index (χ0v) is 15.7. The van der Waals surface area contributed by atoms with Crippen molar-refractivity contribution < 1.29 is 13.7 Å². The Morgan fingerprint density at radius 3 is 1.50 bits per heavy atom. The van der Waals surface area contributed by atoms with Crippen molar-refractivity contribution in [3.8, 4) is 11.5 Å². The van der Waals surface area contributed by atoms with Crippen molar-refractivity contribution in [1.29, 1.82) is 0 Å². The normalized spacial score (nSPS) is 9.58. The number of hydrogen-bond acceptors (Lipinski definition) is 6. The Labute approximate surface area is 154 Å². The monoisotopic (exact) mass is 376 g/mol. The van der Waals surface area contributed by atoms with Crippen molar-refractivity contribution >= 4 is 55.4 Å². The van der Waals surface area contributed by atoms with Crippen LogP contribution in [0, 0.1) is 0 Å². The Morgan fingerprint density at radius 2 is 1.12 bits per heavy atom. The van der Waals surface area contributed by atoms with Gasteiger partial charge in [-0.05, 0) is 70.1 Å². The van der Waals surface area contributed by atoms with E-state index in [0.717, 1.165) is 11.5 Å². The van der Waals surface area contributed by atoms with E-state index < -0.39 is 0 Å². The minimum Gasteiger partial charge on any atom is -0.497 e. The minimum atomic E-state index is 0.927. The van der Waals surface area contributed by atoms with Crippen LogP contribution in [0.15, 0.2) is 59.3 Å². The number of benzene rings is 2. The van der Waals surface area contributed by atoms with Crippen LogP contribution >= 0.6 is 22.7 Å². The van der Waals surface area contributed by atoms with Crippen LogP contribution < -0.4 is 9.47 Å². The zero-order valence-electron chi connectivity index (χ0n) is 13.2. The molecule has 0 aliphatic carbocycles. The molecule has 0 N–H and O–H groups in total. The molecule has 0 radical (unpaired) electrons. The summed E-state index contributed by atoms with van der Waals surface area (Å²) in [4.78, 5) is 0. The van der Waals surface area contributed by atoms with Crippen molar-refractivity contribution in [2.45, 2.75) is 0 Å². The SMILES string of the molecule is COc1ccc2sccc2c1.COc1ccc2sccc2c1.O=S. The Hall–Kier alpha value is -2.02. The summed E-state index contributed by atoms with van der Waals surface area (Å²) >= 11 is 6.34. The first-order chi connectivity index (χ1) is 11.8. The highest BCUT2D eigenvalue weighted by Crippen LogP contribution is 2.25. The lowest BCUT2D eigenvalue weighted by molar-refractivity contribution is 0.415. The third kappa shape index (κ3) is 4.50. The van der Waals surface area contributed by atoms with Gasteiger partial charge in [0.05, 0.1) is 14.2 Å². The maximum atomic E-state index is 7.83. The van der Waals surface area contributed by atoms with Crippen molar-refractivity contribution in [3.63, 3.8) is 0 Å². The lowest BCUT2D eigenvalue weighted by Gasteiger charge is -1.97. The predicted molar refractivity (Wildman–Crippen MR) is 105 cm³/mol. The van der Waals surface area contributed by atoms with Gasteiger partial charge < -0.3 is 9.47 Å². The molecule has 0 fully saturated rings. The number of fused-ring (bicyclic) bond motifs is 2. The van der Waals surface area contributed by atoms with E-state index in [9.17, 15) is 0 Å². The second-order valence-electron chi connectivity index (χ2n) is 4.65. The Morgan fingerprint density at radius 1 is 0.708 bits per heavy atom. The molecule has 124 valence electrons. The van der Waals surface area contributed by atoms with Crippen molar-refractivity contribution in [2.75, 3.05) is 14.2 Å². The van der Waals surface area contributed by atoms with Gasteiger partial charge in [-0.3, -0.25) is 0 Å². The molecule has 0 unspecified atom stereocenters. The van der Waals surface area contributed by atoms with Gasteiger partial charge in [-0.15, -0.1) is 22.7 Å². The van der Waals surface area contributed by atoms with Gasteiger partial charge in [0, 0.05) is 9.40 Å². The number of thiophene rings is 2. The first-order valence-electron chi connectivity index (χ1n) is 6.99. The van der Waals surface area contributed by atoms with E-state index in [0.29, 0.717) is 0 Å². The average molecular weight is 377 g/mol. The van der Waals surface area contributed by atoms with Crippen LogP contribution in [-0.4, -0.2) is 18.4 Å². The average Bonchev–Trinajstić information content (AvgIpc) is 3.31. The standard InChI is InChI=1S/2C9H8OS.OS/c2*1-10-8-2-3-9-7(6-8)4-5-11-9;1-2/h2*2-6H,1H3;. The maximum Gasteiger partial charge on any atom is 0.197 e. The molecule has 4 aromatic rings. The molecular formula is C18H16O3S3. The van der Waals surface area contributed by atoms with E-state index in [-0.39, 0.29) is 0 Å². The summed E-state index contributed by atoms with van der Waals surface area (Å²) in [5, 5.41) is 6.69. The third-order valence-electron chi connectivity index (χ3n) is 3.32. The van der Waals surface area contributed by atoms with Crippen molar-refractivity contribution in [3.05, 3.63) is 59.3 Å². The Kier molecular flexibility index (Phi) is 7.11. The molecule has 0 amide bonds. The molecule has 0 bridgehead atoms. The molecule has 0 aliphatic rings. The maximum absolute atomic E-state index is 7.83. The van der Waals surface area contributed by atoms with Crippen molar-refractivity contribution in [2.24, 2.45) is 0 Å². The fraction of sp³-hybridized carbons (Fsp3) is 0.111. The minimum absolute atomic E-state index is 0.927. The lowest BCUT2D eigenvalue weighted by Crippen LogP contribution is -1.79. The fourth-order valence-corrected chi connectivity index (χ4v) is 3.69. The number of methoxy groups -OCH3 is 2. The predicted octanol–water partition coefficient (Wildman–Crippen LogP) is 5.48. The van der Waals surface area contributed by atoms with E-state index in [1.807, 2.05) is 24.3 Å². The van der Waals surface area contributed by atoms with E-state index in [2.05, 4.69) is 47.6 Å². The van der Waals surface area contributed by atoms with Gasteiger partial charge in [0.15, 0.2) is 12.5 Å². The van der Waals surface area contributed by atoms with Gasteiger partial charge in [-0.2, -0.15) is 4.21 Å².